The van der Waals surface area contributed by atoms with Crippen molar-refractivity contribution in [2.45, 2.75) is 6.42 Å². The lowest BCUT2D eigenvalue weighted by molar-refractivity contribution is 0.102. The second-order valence-corrected chi connectivity index (χ2v) is 6.47. The molecule has 1 aromatic heterocycles. The van der Waals surface area contributed by atoms with Crippen LogP contribution in [0.2, 0.25) is 0 Å². The average molecular weight is 396 g/mol. The molecule has 0 saturated heterocycles. The first kappa shape index (κ1) is 17.2. The van der Waals surface area contributed by atoms with E-state index in [9.17, 15) is 4.79 Å². The number of nitrogens with one attached hydrogen (secondary N) is 2. The number of carbonyl (C=O) groups excluding carboxylic acids is 1. The predicted octanol–water partition coefficient (Wildman–Crippen LogP) is 4.75. The summed E-state index contributed by atoms with van der Waals surface area (Å²) in [5.41, 5.74) is 3.27. The fourth-order valence-electron chi connectivity index (χ4n) is 2.39. The Morgan fingerprint density at radius 2 is 1.72 bits per heavy atom. The van der Waals surface area contributed by atoms with Gasteiger partial charge < -0.3 is 10.6 Å². The van der Waals surface area contributed by atoms with Crippen molar-refractivity contribution in [3.05, 3.63) is 88.7 Å². The summed E-state index contributed by atoms with van der Waals surface area (Å²) in [5.74, 6) is -0.228. The topological polar surface area (TPSA) is 54.0 Å². The van der Waals surface area contributed by atoms with Gasteiger partial charge in [-0.25, -0.2) is 0 Å². The average Bonchev–Trinajstić information content (AvgIpc) is 2.65. The third kappa shape index (κ3) is 5.16. The van der Waals surface area contributed by atoms with E-state index in [1.807, 2.05) is 48.5 Å². The largest absolute Gasteiger partial charge is 0.385 e. The summed E-state index contributed by atoms with van der Waals surface area (Å²) in [6.45, 7) is 0.793. The monoisotopic (exact) mass is 395 g/mol. The minimum Gasteiger partial charge on any atom is -0.385 e. The van der Waals surface area contributed by atoms with Gasteiger partial charge in [-0.1, -0.05) is 46.3 Å². The summed E-state index contributed by atoms with van der Waals surface area (Å²) in [6, 6.07) is 21.3. The van der Waals surface area contributed by atoms with Crippen molar-refractivity contribution in [3.8, 4) is 0 Å². The number of amides is 1. The number of rotatable bonds is 6. The molecule has 0 aliphatic heterocycles. The van der Waals surface area contributed by atoms with Gasteiger partial charge in [-0.15, -0.1) is 0 Å². The third-order valence-corrected chi connectivity index (χ3v) is 4.21. The lowest BCUT2D eigenvalue weighted by Gasteiger charge is -2.09. The Morgan fingerprint density at radius 3 is 2.48 bits per heavy atom. The normalized spacial score (nSPS) is 10.3. The zero-order valence-electron chi connectivity index (χ0n) is 13.6. The van der Waals surface area contributed by atoms with Crippen molar-refractivity contribution in [1.29, 1.82) is 0 Å². The highest BCUT2D eigenvalue weighted by Crippen LogP contribution is 2.15. The fourth-order valence-corrected chi connectivity index (χ4v) is 2.65. The van der Waals surface area contributed by atoms with Crippen molar-refractivity contribution in [2.24, 2.45) is 0 Å². The number of nitrogens with zero attached hydrogens (tertiary/aromatic N) is 1. The molecule has 0 spiro atoms. The second kappa shape index (κ2) is 8.44. The van der Waals surface area contributed by atoms with E-state index < -0.39 is 0 Å². The van der Waals surface area contributed by atoms with Crippen LogP contribution in [0.5, 0.6) is 0 Å². The van der Waals surface area contributed by atoms with Crippen LogP contribution in [0, 0.1) is 0 Å². The van der Waals surface area contributed by atoms with Crippen LogP contribution in [-0.2, 0) is 6.42 Å². The first-order valence-electron chi connectivity index (χ1n) is 8.01. The van der Waals surface area contributed by atoms with E-state index in [1.54, 1.807) is 12.3 Å². The molecule has 4 nitrogen and oxygen atoms in total. The lowest BCUT2D eigenvalue weighted by Crippen LogP contribution is -2.14. The number of anilines is 2. The highest BCUT2D eigenvalue weighted by atomic mass is 79.9. The number of halogens is 1. The minimum absolute atomic E-state index is 0.228. The van der Waals surface area contributed by atoms with Gasteiger partial charge in [-0.05, 0) is 48.4 Å². The molecule has 1 amide bonds. The van der Waals surface area contributed by atoms with Crippen molar-refractivity contribution < 1.29 is 4.79 Å². The maximum atomic E-state index is 12.3. The maximum Gasteiger partial charge on any atom is 0.274 e. The molecular weight excluding hydrogens is 378 g/mol. The molecule has 0 unspecified atom stereocenters. The molecule has 2 aromatic carbocycles. The number of aromatic nitrogens is 1. The zero-order chi connectivity index (χ0) is 17.5. The standard InChI is InChI=1S/C20H18BrN3O/c21-16-6-8-17(9-7-16)24-20(25)19-14-18(11-13-23-19)22-12-10-15-4-2-1-3-5-15/h1-9,11,13-14H,10,12H2,(H,22,23)(H,24,25). The van der Waals surface area contributed by atoms with Crippen molar-refractivity contribution in [2.75, 3.05) is 17.2 Å². The van der Waals surface area contributed by atoms with E-state index >= 15 is 0 Å². The highest BCUT2D eigenvalue weighted by molar-refractivity contribution is 9.10. The summed E-state index contributed by atoms with van der Waals surface area (Å²) < 4.78 is 0.966. The number of hydrogen-bond acceptors (Lipinski definition) is 3. The Balaban J connectivity index is 1.58. The van der Waals surface area contributed by atoms with E-state index in [0.29, 0.717) is 5.69 Å². The van der Waals surface area contributed by atoms with Crippen LogP contribution in [-0.4, -0.2) is 17.4 Å². The van der Waals surface area contributed by atoms with Crippen molar-refractivity contribution in [1.82, 2.24) is 4.98 Å². The van der Waals surface area contributed by atoms with Crippen molar-refractivity contribution in [3.63, 3.8) is 0 Å². The minimum atomic E-state index is -0.228. The van der Waals surface area contributed by atoms with E-state index in [2.05, 4.69) is 43.7 Å². The number of carbonyl (C=O) groups is 1. The van der Waals surface area contributed by atoms with E-state index in [0.717, 1.165) is 28.8 Å². The Morgan fingerprint density at radius 1 is 0.960 bits per heavy atom. The van der Waals surface area contributed by atoms with Crippen LogP contribution in [0.1, 0.15) is 16.1 Å². The first-order chi connectivity index (χ1) is 12.2. The molecule has 0 aliphatic carbocycles. The van der Waals surface area contributed by atoms with Crippen LogP contribution < -0.4 is 10.6 Å². The Kier molecular flexibility index (Phi) is 5.80. The number of benzene rings is 2. The van der Waals surface area contributed by atoms with E-state index in [-0.39, 0.29) is 5.91 Å². The van der Waals surface area contributed by atoms with E-state index in [4.69, 9.17) is 0 Å². The van der Waals surface area contributed by atoms with Gasteiger partial charge >= 0.3 is 0 Å². The SMILES string of the molecule is O=C(Nc1ccc(Br)cc1)c1cc(NCCc2ccccc2)ccn1. The van der Waals surface area contributed by atoms with Gasteiger partial charge in [0.15, 0.2) is 0 Å². The molecule has 126 valence electrons. The van der Waals surface area contributed by atoms with Crippen LogP contribution >= 0.6 is 15.9 Å². The smallest absolute Gasteiger partial charge is 0.274 e. The molecular formula is C20H18BrN3O. The molecule has 0 atom stereocenters. The van der Waals surface area contributed by atoms with Gasteiger partial charge in [0.1, 0.15) is 5.69 Å². The van der Waals surface area contributed by atoms with E-state index in [1.165, 1.54) is 5.56 Å². The van der Waals surface area contributed by atoms with Gasteiger partial charge in [-0.3, -0.25) is 9.78 Å². The molecule has 3 rings (SSSR count). The molecule has 1 heterocycles. The molecule has 0 saturated carbocycles. The Hall–Kier alpha value is -2.66. The van der Waals surface area contributed by atoms with Crippen LogP contribution in [0.15, 0.2) is 77.4 Å². The maximum absolute atomic E-state index is 12.3. The molecule has 0 radical (unpaired) electrons. The van der Waals surface area contributed by atoms with Crippen LogP contribution in [0.4, 0.5) is 11.4 Å². The molecule has 0 aliphatic rings. The Bertz CT molecular complexity index is 835. The summed E-state index contributed by atoms with van der Waals surface area (Å²) in [7, 11) is 0. The summed E-state index contributed by atoms with van der Waals surface area (Å²) >= 11 is 3.37. The molecule has 3 aromatic rings. The molecule has 25 heavy (non-hydrogen) atoms. The van der Waals surface area contributed by atoms with Gasteiger partial charge in [-0.2, -0.15) is 0 Å². The van der Waals surface area contributed by atoms with Gasteiger partial charge in [0.25, 0.3) is 5.91 Å². The number of hydrogen-bond donors (Lipinski definition) is 2. The molecule has 2 N–H and O–H groups in total. The highest BCUT2D eigenvalue weighted by Gasteiger charge is 2.08. The fraction of sp³-hybridized carbons (Fsp3) is 0.100. The van der Waals surface area contributed by atoms with Gasteiger partial charge in [0.05, 0.1) is 0 Å². The zero-order valence-corrected chi connectivity index (χ0v) is 15.2. The molecule has 5 heteroatoms. The molecule has 0 fully saturated rings. The van der Waals surface area contributed by atoms with Crippen LogP contribution in [0.3, 0.4) is 0 Å². The van der Waals surface area contributed by atoms with Crippen molar-refractivity contribution >= 4 is 33.2 Å². The second-order valence-electron chi connectivity index (χ2n) is 5.55. The summed E-state index contributed by atoms with van der Waals surface area (Å²) in [4.78, 5) is 16.5. The quantitative estimate of drug-likeness (QED) is 0.632. The first-order valence-corrected chi connectivity index (χ1v) is 8.81. The van der Waals surface area contributed by atoms with Crippen LogP contribution in [0.25, 0.3) is 0 Å². The molecule has 0 bridgehead atoms. The van der Waals surface area contributed by atoms with Gasteiger partial charge in [0, 0.05) is 28.6 Å². The number of pyridine rings is 1. The lowest BCUT2D eigenvalue weighted by atomic mass is 10.1. The summed E-state index contributed by atoms with van der Waals surface area (Å²) in [5, 5.41) is 6.18. The third-order valence-electron chi connectivity index (χ3n) is 3.68. The predicted molar refractivity (Wildman–Crippen MR) is 105 cm³/mol. The Labute approximate surface area is 155 Å². The summed E-state index contributed by atoms with van der Waals surface area (Å²) in [6.07, 6.45) is 2.56. The van der Waals surface area contributed by atoms with Gasteiger partial charge in [0.2, 0.25) is 0 Å².